The first kappa shape index (κ1) is 11.9. The molecule has 2 aromatic rings. The molecule has 1 aromatic heterocycles. The second-order valence-electron chi connectivity index (χ2n) is 4.43. The maximum Gasteiger partial charge on any atom is 0.110 e. The van der Waals surface area contributed by atoms with Crippen molar-refractivity contribution in [3.8, 4) is 11.3 Å². The highest BCUT2D eigenvalue weighted by atomic mass is 15.1. The number of nitrogens with two attached hydrogens (primary N) is 1. The number of rotatable bonds is 3. The van der Waals surface area contributed by atoms with E-state index in [1.165, 1.54) is 16.8 Å². The average Bonchev–Trinajstić information content (AvgIpc) is 2.59. The van der Waals surface area contributed by atoms with Gasteiger partial charge in [-0.1, -0.05) is 29.8 Å². The van der Waals surface area contributed by atoms with Gasteiger partial charge in [0.25, 0.3) is 0 Å². The number of nitrogens with zero attached hydrogens (tertiary/aromatic N) is 2. The average molecular weight is 229 g/mol. The zero-order valence-corrected chi connectivity index (χ0v) is 10.7. The molecular weight excluding hydrogens is 210 g/mol. The molecule has 0 aliphatic carbocycles. The SMILES string of the molecule is Cc1ccc(-c2nc(CCN)n(C)c2C)cc1. The van der Waals surface area contributed by atoms with E-state index in [1.54, 1.807) is 0 Å². The molecule has 1 heterocycles. The summed E-state index contributed by atoms with van der Waals surface area (Å²) in [6.07, 6.45) is 0.823. The van der Waals surface area contributed by atoms with Crippen LogP contribution in [0.2, 0.25) is 0 Å². The van der Waals surface area contributed by atoms with Crippen molar-refractivity contribution in [1.82, 2.24) is 9.55 Å². The van der Waals surface area contributed by atoms with Crippen LogP contribution in [0, 0.1) is 13.8 Å². The number of hydrogen-bond donors (Lipinski definition) is 1. The molecule has 1 aromatic carbocycles. The minimum absolute atomic E-state index is 0.637. The third kappa shape index (κ3) is 2.24. The Balaban J connectivity index is 2.45. The fraction of sp³-hybridized carbons (Fsp3) is 0.357. The molecule has 0 aliphatic rings. The molecule has 0 spiro atoms. The van der Waals surface area contributed by atoms with Gasteiger partial charge in [0.15, 0.2) is 0 Å². The van der Waals surface area contributed by atoms with Crippen LogP contribution in [0.3, 0.4) is 0 Å². The maximum atomic E-state index is 5.59. The van der Waals surface area contributed by atoms with Crippen LogP contribution in [-0.4, -0.2) is 16.1 Å². The van der Waals surface area contributed by atoms with Crippen molar-refractivity contribution in [2.24, 2.45) is 12.8 Å². The Hall–Kier alpha value is -1.61. The van der Waals surface area contributed by atoms with Gasteiger partial charge in [0.05, 0.1) is 5.69 Å². The standard InChI is InChI=1S/C14H19N3/c1-10-4-6-12(7-5-10)14-11(2)17(3)13(16-14)8-9-15/h4-7H,8-9,15H2,1-3H3. The third-order valence-electron chi connectivity index (χ3n) is 3.17. The number of imidazole rings is 1. The highest BCUT2D eigenvalue weighted by Gasteiger charge is 2.11. The number of benzene rings is 1. The molecule has 3 nitrogen and oxygen atoms in total. The summed E-state index contributed by atoms with van der Waals surface area (Å²) in [5.41, 5.74) is 10.3. The van der Waals surface area contributed by atoms with Crippen molar-refractivity contribution in [1.29, 1.82) is 0 Å². The summed E-state index contributed by atoms with van der Waals surface area (Å²) < 4.78 is 2.13. The second kappa shape index (κ2) is 4.72. The van der Waals surface area contributed by atoms with Gasteiger partial charge in [-0.3, -0.25) is 0 Å². The molecule has 0 radical (unpaired) electrons. The van der Waals surface area contributed by atoms with Gasteiger partial charge < -0.3 is 10.3 Å². The van der Waals surface area contributed by atoms with Crippen LogP contribution in [0.25, 0.3) is 11.3 Å². The first-order valence-electron chi connectivity index (χ1n) is 5.92. The van der Waals surface area contributed by atoms with E-state index in [0.717, 1.165) is 17.9 Å². The predicted molar refractivity (Wildman–Crippen MR) is 70.9 cm³/mol. The predicted octanol–water partition coefficient (Wildman–Crippen LogP) is 2.21. The van der Waals surface area contributed by atoms with Crippen molar-refractivity contribution in [3.05, 3.63) is 41.3 Å². The summed E-state index contributed by atoms with van der Waals surface area (Å²) in [4.78, 5) is 4.68. The van der Waals surface area contributed by atoms with Crippen LogP contribution in [0.5, 0.6) is 0 Å². The first-order chi connectivity index (χ1) is 8.13. The third-order valence-corrected chi connectivity index (χ3v) is 3.17. The number of aryl methyl sites for hydroxylation is 1. The zero-order valence-electron chi connectivity index (χ0n) is 10.7. The van der Waals surface area contributed by atoms with Crippen molar-refractivity contribution in [2.45, 2.75) is 20.3 Å². The lowest BCUT2D eigenvalue weighted by atomic mass is 10.1. The Morgan fingerprint density at radius 3 is 2.41 bits per heavy atom. The Kier molecular flexibility index (Phi) is 3.29. The topological polar surface area (TPSA) is 43.8 Å². The van der Waals surface area contributed by atoms with E-state index in [0.29, 0.717) is 6.54 Å². The van der Waals surface area contributed by atoms with E-state index in [9.17, 15) is 0 Å². The maximum absolute atomic E-state index is 5.59. The highest BCUT2D eigenvalue weighted by Crippen LogP contribution is 2.23. The van der Waals surface area contributed by atoms with Crippen molar-refractivity contribution >= 4 is 0 Å². The fourth-order valence-electron chi connectivity index (χ4n) is 1.97. The van der Waals surface area contributed by atoms with Gasteiger partial charge in [-0.15, -0.1) is 0 Å². The van der Waals surface area contributed by atoms with Gasteiger partial charge in [0.2, 0.25) is 0 Å². The minimum Gasteiger partial charge on any atom is -0.335 e. The molecule has 17 heavy (non-hydrogen) atoms. The molecule has 2 N–H and O–H groups in total. The Labute approximate surface area is 102 Å². The largest absolute Gasteiger partial charge is 0.335 e. The van der Waals surface area contributed by atoms with Crippen LogP contribution in [0.4, 0.5) is 0 Å². The summed E-state index contributed by atoms with van der Waals surface area (Å²) in [6.45, 7) is 4.83. The van der Waals surface area contributed by atoms with Gasteiger partial charge in [0, 0.05) is 24.7 Å². The Morgan fingerprint density at radius 2 is 1.82 bits per heavy atom. The lowest BCUT2D eigenvalue weighted by molar-refractivity contribution is 0.761. The summed E-state index contributed by atoms with van der Waals surface area (Å²) in [5, 5.41) is 0. The van der Waals surface area contributed by atoms with Gasteiger partial charge in [-0.05, 0) is 20.4 Å². The van der Waals surface area contributed by atoms with E-state index in [4.69, 9.17) is 5.73 Å². The smallest absolute Gasteiger partial charge is 0.110 e. The summed E-state index contributed by atoms with van der Waals surface area (Å²) in [6, 6.07) is 8.48. The molecule has 0 unspecified atom stereocenters. The van der Waals surface area contributed by atoms with Crippen molar-refractivity contribution < 1.29 is 0 Å². The molecule has 0 saturated heterocycles. The normalized spacial score (nSPS) is 10.8. The summed E-state index contributed by atoms with van der Waals surface area (Å²) in [7, 11) is 2.05. The van der Waals surface area contributed by atoms with E-state index in [-0.39, 0.29) is 0 Å². The van der Waals surface area contributed by atoms with E-state index >= 15 is 0 Å². The molecule has 0 atom stereocenters. The molecule has 90 valence electrons. The van der Waals surface area contributed by atoms with Crippen molar-refractivity contribution in [3.63, 3.8) is 0 Å². The van der Waals surface area contributed by atoms with E-state index < -0.39 is 0 Å². The molecule has 0 fully saturated rings. The monoisotopic (exact) mass is 229 g/mol. The lowest BCUT2D eigenvalue weighted by Crippen LogP contribution is -2.08. The van der Waals surface area contributed by atoms with E-state index in [1.807, 2.05) is 7.05 Å². The molecule has 2 rings (SSSR count). The second-order valence-corrected chi connectivity index (χ2v) is 4.43. The van der Waals surface area contributed by atoms with Crippen LogP contribution < -0.4 is 5.73 Å². The Morgan fingerprint density at radius 1 is 1.18 bits per heavy atom. The summed E-state index contributed by atoms with van der Waals surface area (Å²) >= 11 is 0. The summed E-state index contributed by atoms with van der Waals surface area (Å²) in [5.74, 6) is 1.06. The van der Waals surface area contributed by atoms with Crippen LogP contribution in [0.1, 0.15) is 17.1 Å². The lowest BCUT2D eigenvalue weighted by Gasteiger charge is -2.01. The molecule has 0 saturated carbocycles. The fourth-order valence-corrected chi connectivity index (χ4v) is 1.97. The number of aromatic nitrogens is 2. The van der Waals surface area contributed by atoms with Gasteiger partial charge in [-0.25, -0.2) is 4.98 Å². The van der Waals surface area contributed by atoms with Crippen LogP contribution in [-0.2, 0) is 13.5 Å². The van der Waals surface area contributed by atoms with Crippen LogP contribution >= 0.6 is 0 Å². The van der Waals surface area contributed by atoms with E-state index in [2.05, 4.69) is 47.7 Å². The van der Waals surface area contributed by atoms with Gasteiger partial charge in [-0.2, -0.15) is 0 Å². The van der Waals surface area contributed by atoms with Crippen LogP contribution in [0.15, 0.2) is 24.3 Å². The Bertz CT molecular complexity index is 509. The quantitative estimate of drug-likeness (QED) is 0.877. The molecular formula is C14H19N3. The molecule has 0 aliphatic heterocycles. The first-order valence-corrected chi connectivity index (χ1v) is 5.92. The molecule has 0 amide bonds. The number of hydrogen-bond acceptors (Lipinski definition) is 2. The minimum atomic E-state index is 0.637. The molecule has 0 bridgehead atoms. The van der Waals surface area contributed by atoms with Gasteiger partial charge >= 0.3 is 0 Å². The molecule has 3 heteroatoms. The zero-order chi connectivity index (χ0) is 12.4. The van der Waals surface area contributed by atoms with Gasteiger partial charge in [0.1, 0.15) is 5.82 Å². The van der Waals surface area contributed by atoms with Crippen molar-refractivity contribution in [2.75, 3.05) is 6.54 Å². The highest BCUT2D eigenvalue weighted by molar-refractivity contribution is 5.62.